The molecule has 1 N–H and O–H groups in total. The Balaban J connectivity index is 2.08. The van der Waals surface area contributed by atoms with Gasteiger partial charge in [-0.25, -0.2) is 4.98 Å². The van der Waals surface area contributed by atoms with Gasteiger partial charge in [0.2, 0.25) is 0 Å². The van der Waals surface area contributed by atoms with Crippen molar-refractivity contribution >= 4 is 21.8 Å². The Morgan fingerprint density at radius 1 is 1.40 bits per heavy atom. The number of carbonyl (C=O) groups excluding carboxylic acids is 1. The van der Waals surface area contributed by atoms with Gasteiger partial charge in [0.15, 0.2) is 0 Å². The van der Waals surface area contributed by atoms with Gasteiger partial charge in [0.25, 0.3) is 5.91 Å². The van der Waals surface area contributed by atoms with Gasteiger partial charge in [0.05, 0.1) is 0 Å². The fourth-order valence-corrected chi connectivity index (χ4v) is 3.49. The van der Waals surface area contributed by atoms with Crippen LogP contribution in [0.3, 0.4) is 0 Å². The number of hydrogen-bond donors (Lipinski definition) is 1. The van der Waals surface area contributed by atoms with Gasteiger partial charge in [0, 0.05) is 6.04 Å². The van der Waals surface area contributed by atoms with E-state index in [9.17, 15) is 4.79 Å². The molecule has 20 heavy (non-hydrogen) atoms. The van der Waals surface area contributed by atoms with Crippen LogP contribution in [0.15, 0.2) is 22.8 Å². The van der Waals surface area contributed by atoms with Gasteiger partial charge in [-0.3, -0.25) is 4.79 Å². The summed E-state index contributed by atoms with van der Waals surface area (Å²) in [6.45, 7) is 6.77. The largest absolute Gasteiger partial charge is 0.348 e. The second-order valence-electron chi connectivity index (χ2n) is 6.25. The predicted octanol–water partition coefficient (Wildman–Crippen LogP) is 4.03. The van der Waals surface area contributed by atoms with Gasteiger partial charge in [-0.05, 0) is 58.7 Å². The lowest BCUT2D eigenvalue weighted by molar-refractivity contribution is 0.0862. The summed E-state index contributed by atoms with van der Waals surface area (Å²) < 4.78 is 0.697. The maximum absolute atomic E-state index is 12.3. The first-order valence-electron chi connectivity index (χ1n) is 7.40. The molecule has 1 aromatic heterocycles. The third-order valence-electron chi connectivity index (χ3n) is 4.29. The van der Waals surface area contributed by atoms with Crippen LogP contribution in [0.4, 0.5) is 0 Å². The van der Waals surface area contributed by atoms with Crippen LogP contribution in [-0.2, 0) is 0 Å². The van der Waals surface area contributed by atoms with Crippen molar-refractivity contribution in [1.82, 2.24) is 10.3 Å². The Bertz CT molecular complexity index is 475. The topological polar surface area (TPSA) is 42.0 Å². The molecule has 0 spiro atoms. The van der Waals surface area contributed by atoms with Crippen molar-refractivity contribution in [3.05, 3.63) is 28.5 Å². The van der Waals surface area contributed by atoms with Crippen LogP contribution in [-0.4, -0.2) is 16.9 Å². The van der Waals surface area contributed by atoms with Crippen LogP contribution in [0.1, 0.15) is 50.5 Å². The highest BCUT2D eigenvalue weighted by atomic mass is 79.9. The molecule has 110 valence electrons. The van der Waals surface area contributed by atoms with Gasteiger partial charge < -0.3 is 5.32 Å². The smallest absolute Gasteiger partial charge is 0.270 e. The Morgan fingerprint density at radius 3 is 2.80 bits per heavy atom. The number of aromatic nitrogens is 1. The number of hydrogen-bond acceptors (Lipinski definition) is 2. The number of carbonyl (C=O) groups is 1. The molecule has 1 heterocycles. The average molecular weight is 339 g/mol. The molecule has 3 atom stereocenters. The van der Waals surface area contributed by atoms with E-state index in [2.05, 4.69) is 47.0 Å². The molecule has 1 fully saturated rings. The van der Waals surface area contributed by atoms with Crippen molar-refractivity contribution in [2.75, 3.05) is 0 Å². The first-order chi connectivity index (χ1) is 9.47. The van der Waals surface area contributed by atoms with E-state index < -0.39 is 0 Å². The summed E-state index contributed by atoms with van der Waals surface area (Å²) in [5, 5.41) is 3.20. The van der Waals surface area contributed by atoms with Gasteiger partial charge >= 0.3 is 0 Å². The highest BCUT2D eigenvalue weighted by Gasteiger charge is 2.31. The summed E-state index contributed by atoms with van der Waals surface area (Å²) in [6, 6.07) is 5.70. The van der Waals surface area contributed by atoms with Crippen LogP contribution in [0, 0.1) is 17.8 Å². The molecule has 1 aromatic rings. The van der Waals surface area contributed by atoms with Crippen LogP contribution in [0.2, 0.25) is 0 Å². The molecule has 2 rings (SSSR count). The summed E-state index contributed by atoms with van der Waals surface area (Å²) in [6.07, 6.45) is 3.54. The van der Waals surface area contributed by atoms with Gasteiger partial charge in [0.1, 0.15) is 10.3 Å². The Hall–Kier alpha value is -0.900. The van der Waals surface area contributed by atoms with Gasteiger partial charge in [-0.15, -0.1) is 0 Å². The Morgan fingerprint density at radius 2 is 2.15 bits per heavy atom. The minimum atomic E-state index is -0.0592. The number of rotatable bonds is 3. The van der Waals surface area contributed by atoms with E-state index in [0.717, 1.165) is 6.42 Å². The molecule has 0 radical (unpaired) electrons. The van der Waals surface area contributed by atoms with Crippen molar-refractivity contribution < 1.29 is 4.79 Å². The fraction of sp³-hybridized carbons (Fsp3) is 0.625. The van der Waals surface area contributed by atoms with Crippen molar-refractivity contribution in [3.63, 3.8) is 0 Å². The first kappa shape index (κ1) is 15.5. The zero-order chi connectivity index (χ0) is 14.7. The van der Waals surface area contributed by atoms with E-state index in [1.165, 1.54) is 12.8 Å². The lowest BCUT2D eigenvalue weighted by Crippen LogP contribution is -2.45. The molecular weight excluding hydrogens is 316 g/mol. The number of pyridine rings is 1. The maximum Gasteiger partial charge on any atom is 0.270 e. The van der Waals surface area contributed by atoms with Crippen LogP contribution in [0.5, 0.6) is 0 Å². The molecule has 0 saturated heterocycles. The highest BCUT2D eigenvalue weighted by molar-refractivity contribution is 9.10. The second-order valence-corrected chi connectivity index (χ2v) is 7.06. The second kappa shape index (κ2) is 6.70. The standard InChI is InChI=1S/C16H23BrN2O/c1-10(2)12-8-7-11(3)9-14(12)19-16(20)13-5-4-6-15(17)18-13/h4-6,10-12,14H,7-9H2,1-3H3,(H,19,20). The molecule has 3 nitrogen and oxygen atoms in total. The molecule has 0 aromatic carbocycles. The zero-order valence-electron chi connectivity index (χ0n) is 12.4. The summed E-state index contributed by atoms with van der Waals surface area (Å²) in [4.78, 5) is 16.6. The predicted molar refractivity (Wildman–Crippen MR) is 84.5 cm³/mol. The fourth-order valence-electron chi connectivity index (χ4n) is 3.15. The minimum absolute atomic E-state index is 0.0592. The Labute approximate surface area is 129 Å². The van der Waals surface area contributed by atoms with Crippen LogP contribution >= 0.6 is 15.9 Å². The van der Waals surface area contributed by atoms with Crippen molar-refractivity contribution in [3.8, 4) is 0 Å². The molecule has 0 aliphatic heterocycles. The van der Waals surface area contributed by atoms with Crippen molar-refractivity contribution in [1.29, 1.82) is 0 Å². The first-order valence-corrected chi connectivity index (χ1v) is 8.20. The molecule has 1 aliphatic rings. The van der Waals surface area contributed by atoms with E-state index >= 15 is 0 Å². The molecule has 1 aliphatic carbocycles. The van der Waals surface area contributed by atoms with E-state index in [1.807, 2.05) is 12.1 Å². The number of halogens is 1. The summed E-state index contributed by atoms with van der Waals surface area (Å²) in [5.74, 6) is 1.80. The van der Waals surface area contributed by atoms with E-state index in [-0.39, 0.29) is 11.9 Å². The molecule has 1 amide bonds. The van der Waals surface area contributed by atoms with E-state index in [4.69, 9.17) is 0 Å². The summed E-state index contributed by atoms with van der Waals surface area (Å²) >= 11 is 3.31. The van der Waals surface area contributed by atoms with Crippen molar-refractivity contribution in [2.45, 2.75) is 46.1 Å². The van der Waals surface area contributed by atoms with Crippen molar-refractivity contribution in [2.24, 2.45) is 17.8 Å². The van der Waals surface area contributed by atoms with Crippen LogP contribution in [0.25, 0.3) is 0 Å². The van der Waals surface area contributed by atoms with Gasteiger partial charge in [-0.2, -0.15) is 0 Å². The number of nitrogens with one attached hydrogen (secondary N) is 1. The molecule has 3 unspecified atom stereocenters. The quantitative estimate of drug-likeness (QED) is 0.845. The zero-order valence-corrected chi connectivity index (χ0v) is 14.0. The average Bonchev–Trinajstić information content (AvgIpc) is 2.38. The molecule has 1 saturated carbocycles. The molecule has 0 bridgehead atoms. The lowest BCUT2D eigenvalue weighted by Gasteiger charge is -2.37. The normalized spacial score (nSPS) is 26.6. The molecule has 4 heteroatoms. The maximum atomic E-state index is 12.3. The highest BCUT2D eigenvalue weighted by Crippen LogP contribution is 2.33. The van der Waals surface area contributed by atoms with Crippen LogP contribution < -0.4 is 5.32 Å². The Kier molecular flexibility index (Phi) is 5.19. The third-order valence-corrected chi connectivity index (χ3v) is 4.73. The third kappa shape index (κ3) is 3.81. The number of amides is 1. The monoisotopic (exact) mass is 338 g/mol. The molecular formula is C16H23BrN2O. The van der Waals surface area contributed by atoms with E-state index in [0.29, 0.717) is 28.1 Å². The van der Waals surface area contributed by atoms with Gasteiger partial charge in [-0.1, -0.05) is 33.3 Å². The van der Waals surface area contributed by atoms with E-state index in [1.54, 1.807) is 6.07 Å². The number of nitrogens with zero attached hydrogens (tertiary/aromatic N) is 1. The SMILES string of the molecule is CC1CCC(C(C)C)C(NC(=O)c2cccc(Br)n2)C1. The summed E-state index contributed by atoms with van der Waals surface area (Å²) in [5.41, 5.74) is 0.486. The minimum Gasteiger partial charge on any atom is -0.348 e. The lowest BCUT2D eigenvalue weighted by atomic mass is 9.74. The summed E-state index contributed by atoms with van der Waals surface area (Å²) in [7, 11) is 0.